The largest absolute Gasteiger partial charge is 0.467 e. The Hall–Kier alpha value is -2.34. The molecule has 0 saturated heterocycles. The number of aromatic nitrogens is 1. The maximum absolute atomic E-state index is 12.1. The van der Waals surface area contributed by atoms with Gasteiger partial charge in [-0.05, 0) is 25.5 Å². The lowest BCUT2D eigenvalue weighted by Crippen LogP contribution is -2.52. The summed E-state index contributed by atoms with van der Waals surface area (Å²) < 4.78 is 10.4. The predicted octanol–water partition coefficient (Wildman–Crippen LogP) is 3.39. The highest BCUT2D eigenvalue weighted by Gasteiger charge is 2.33. The maximum Gasteiger partial charge on any atom is 0.331 e. The molecule has 1 N–H and O–H groups in total. The van der Waals surface area contributed by atoms with Gasteiger partial charge in [-0.25, -0.2) is 9.78 Å². The highest BCUT2D eigenvalue weighted by molar-refractivity contribution is 6.33. The van der Waals surface area contributed by atoms with Crippen LogP contribution in [0.1, 0.15) is 32.6 Å². The second-order valence-corrected chi connectivity index (χ2v) is 6.23. The summed E-state index contributed by atoms with van der Waals surface area (Å²) in [4.78, 5) is 28.1. The van der Waals surface area contributed by atoms with Crippen LogP contribution in [-0.2, 0) is 20.7 Å². The van der Waals surface area contributed by atoms with Gasteiger partial charge in [-0.15, -0.1) is 0 Å². The maximum atomic E-state index is 12.1. The molecule has 0 unspecified atom stereocenters. The lowest BCUT2D eigenvalue weighted by atomic mass is 9.99. The molecule has 1 aromatic carbocycles. The van der Waals surface area contributed by atoms with E-state index in [-0.39, 0.29) is 12.3 Å². The lowest BCUT2D eigenvalue weighted by Gasteiger charge is -2.26. The number of halogens is 1. The summed E-state index contributed by atoms with van der Waals surface area (Å²) in [5.41, 5.74) is -0.290. The number of aryl methyl sites for hydroxylation is 1. The van der Waals surface area contributed by atoms with Crippen molar-refractivity contribution in [2.24, 2.45) is 0 Å². The minimum absolute atomic E-state index is 0.148. The van der Waals surface area contributed by atoms with Crippen molar-refractivity contribution in [3.8, 4) is 11.3 Å². The van der Waals surface area contributed by atoms with Crippen LogP contribution >= 0.6 is 11.6 Å². The Morgan fingerprint density at radius 1 is 1.36 bits per heavy atom. The lowest BCUT2D eigenvalue weighted by molar-refractivity contribution is -0.150. The summed E-state index contributed by atoms with van der Waals surface area (Å²) in [6, 6.07) is 7.29. The summed E-state index contributed by atoms with van der Waals surface area (Å²) in [6.07, 6.45) is 2.48. The van der Waals surface area contributed by atoms with Crippen LogP contribution in [-0.4, -0.2) is 29.5 Å². The minimum Gasteiger partial charge on any atom is -0.467 e. The van der Waals surface area contributed by atoms with E-state index in [2.05, 4.69) is 10.3 Å². The van der Waals surface area contributed by atoms with Gasteiger partial charge < -0.3 is 14.5 Å². The first-order valence-corrected chi connectivity index (χ1v) is 8.36. The SMILES string of the molecule is CC[C@](C)(NC(=O)CCc1ncc(-c2ccccc2Cl)o1)C(=O)OC. The van der Waals surface area contributed by atoms with E-state index in [4.69, 9.17) is 20.8 Å². The van der Waals surface area contributed by atoms with Gasteiger partial charge in [0.15, 0.2) is 11.7 Å². The molecule has 0 saturated carbocycles. The fraction of sp³-hybridized carbons (Fsp3) is 0.389. The monoisotopic (exact) mass is 364 g/mol. The van der Waals surface area contributed by atoms with Crippen molar-refractivity contribution in [2.45, 2.75) is 38.6 Å². The molecule has 0 bridgehead atoms. The zero-order valence-electron chi connectivity index (χ0n) is 14.5. The molecule has 1 atom stereocenters. The van der Waals surface area contributed by atoms with Gasteiger partial charge in [-0.3, -0.25) is 4.79 Å². The summed E-state index contributed by atoms with van der Waals surface area (Å²) in [5, 5.41) is 3.28. The molecular formula is C18H21ClN2O4. The number of carbonyl (C=O) groups is 2. The van der Waals surface area contributed by atoms with Gasteiger partial charge in [0.2, 0.25) is 5.91 Å². The minimum atomic E-state index is -1.04. The van der Waals surface area contributed by atoms with E-state index in [0.29, 0.717) is 29.5 Å². The Balaban J connectivity index is 1.97. The summed E-state index contributed by atoms with van der Waals surface area (Å²) in [5.74, 6) is 0.239. The number of esters is 1. The number of oxazole rings is 1. The second-order valence-electron chi connectivity index (χ2n) is 5.82. The van der Waals surface area contributed by atoms with Crippen LogP contribution in [0.3, 0.4) is 0 Å². The van der Waals surface area contributed by atoms with Crippen LogP contribution in [0, 0.1) is 0 Å². The van der Waals surface area contributed by atoms with E-state index >= 15 is 0 Å². The normalized spacial score (nSPS) is 13.1. The van der Waals surface area contributed by atoms with E-state index in [9.17, 15) is 9.59 Å². The molecule has 0 aliphatic rings. The van der Waals surface area contributed by atoms with Crippen LogP contribution in [0.4, 0.5) is 0 Å². The third-order valence-electron chi connectivity index (χ3n) is 4.02. The topological polar surface area (TPSA) is 81.4 Å². The van der Waals surface area contributed by atoms with Gasteiger partial charge >= 0.3 is 5.97 Å². The van der Waals surface area contributed by atoms with E-state index in [1.165, 1.54) is 7.11 Å². The first-order chi connectivity index (χ1) is 11.9. The van der Waals surface area contributed by atoms with Crippen LogP contribution in [0.2, 0.25) is 5.02 Å². The molecule has 0 fully saturated rings. The number of amides is 1. The Morgan fingerprint density at radius 3 is 2.72 bits per heavy atom. The highest BCUT2D eigenvalue weighted by atomic mass is 35.5. The van der Waals surface area contributed by atoms with Crippen molar-refractivity contribution < 1.29 is 18.7 Å². The van der Waals surface area contributed by atoms with E-state index < -0.39 is 11.5 Å². The standard InChI is InChI=1S/C18H21ClN2O4/c1-4-18(2,17(23)24-3)21-15(22)9-10-16-20-11-14(25-16)12-7-5-6-8-13(12)19/h5-8,11H,4,9-10H2,1-3H3,(H,21,22)/t18-/m0/s1. The molecule has 0 aliphatic heterocycles. The van der Waals surface area contributed by atoms with Crippen LogP contribution in [0.5, 0.6) is 0 Å². The number of hydrogen-bond acceptors (Lipinski definition) is 5. The average molecular weight is 365 g/mol. The summed E-state index contributed by atoms with van der Waals surface area (Å²) >= 11 is 6.13. The number of benzene rings is 1. The average Bonchev–Trinajstić information content (AvgIpc) is 3.08. The number of nitrogens with zero attached hydrogens (tertiary/aromatic N) is 1. The Morgan fingerprint density at radius 2 is 2.08 bits per heavy atom. The predicted molar refractivity (Wildman–Crippen MR) is 94.1 cm³/mol. The quantitative estimate of drug-likeness (QED) is 0.761. The number of hydrogen-bond donors (Lipinski definition) is 1. The molecule has 2 rings (SSSR count). The third kappa shape index (κ3) is 4.60. The molecule has 6 nitrogen and oxygen atoms in total. The summed E-state index contributed by atoms with van der Waals surface area (Å²) in [7, 11) is 1.30. The van der Waals surface area contributed by atoms with E-state index in [1.807, 2.05) is 18.2 Å². The van der Waals surface area contributed by atoms with Gasteiger partial charge in [-0.2, -0.15) is 0 Å². The number of methoxy groups -OCH3 is 1. The summed E-state index contributed by atoms with van der Waals surface area (Å²) in [6.45, 7) is 3.44. The third-order valence-corrected chi connectivity index (χ3v) is 4.35. The first-order valence-electron chi connectivity index (χ1n) is 7.98. The fourth-order valence-corrected chi connectivity index (χ4v) is 2.54. The van der Waals surface area contributed by atoms with Gasteiger partial charge in [0.1, 0.15) is 5.54 Å². The molecule has 2 aromatic rings. The molecule has 1 amide bonds. The molecule has 0 aliphatic carbocycles. The molecule has 1 heterocycles. The molecule has 0 radical (unpaired) electrons. The second kappa shape index (κ2) is 8.16. The van der Waals surface area contributed by atoms with Gasteiger partial charge in [0, 0.05) is 18.4 Å². The van der Waals surface area contributed by atoms with Crippen molar-refractivity contribution >= 4 is 23.5 Å². The highest BCUT2D eigenvalue weighted by Crippen LogP contribution is 2.28. The van der Waals surface area contributed by atoms with Crippen LogP contribution in [0.25, 0.3) is 11.3 Å². The van der Waals surface area contributed by atoms with Crippen molar-refractivity contribution in [1.29, 1.82) is 0 Å². The fourth-order valence-electron chi connectivity index (χ4n) is 2.31. The van der Waals surface area contributed by atoms with Crippen molar-refractivity contribution in [3.05, 3.63) is 41.4 Å². The Labute approximate surface area is 151 Å². The number of ether oxygens (including phenoxy) is 1. The Bertz CT molecular complexity index is 759. The van der Waals surface area contributed by atoms with E-state index in [0.717, 1.165) is 5.56 Å². The smallest absolute Gasteiger partial charge is 0.331 e. The molecular weight excluding hydrogens is 344 g/mol. The zero-order valence-corrected chi connectivity index (χ0v) is 15.2. The number of nitrogens with one attached hydrogen (secondary N) is 1. The first kappa shape index (κ1) is 19.0. The van der Waals surface area contributed by atoms with Crippen molar-refractivity contribution in [1.82, 2.24) is 10.3 Å². The molecule has 134 valence electrons. The molecule has 7 heteroatoms. The molecule has 25 heavy (non-hydrogen) atoms. The number of rotatable bonds is 7. The van der Waals surface area contributed by atoms with Crippen LogP contribution in [0.15, 0.2) is 34.9 Å². The van der Waals surface area contributed by atoms with Gasteiger partial charge in [0.25, 0.3) is 0 Å². The number of carbonyl (C=O) groups excluding carboxylic acids is 2. The van der Waals surface area contributed by atoms with Gasteiger partial charge in [-0.1, -0.05) is 30.7 Å². The molecule has 1 aromatic heterocycles. The van der Waals surface area contributed by atoms with E-state index in [1.54, 1.807) is 26.1 Å². The molecule has 0 spiro atoms. The van der Waals surface area contributed by atoms with Crippen molar-refractivity contribution in [2.75, 3.05) is 7.11 Å². The zero-order chi connectivity index (χ0) is 18.4. The van der Waals surface area contributed by atoms with Crippen LogP contribution < -0.4 is 5.32 Å². The van der Waals surface area contributed by atoms with Crippen molar-refractivity contribution in [3.63, 3.8) is 0 Å². The van der Waals surface area contributed by atoms with Gasteiger partial charge in [0.05, 0.1) is 18.3 Å². The Kier molecular flexibility index (Phi) is 6.20.